The highest BCUT2D eigenvalue weighted by Gasteiger charge is 2.24. The zero-order valence-corrected chi connectivity index (χ0v) is 20.0. The average molecular weight is 467 g/mol. The van der Waals surface area contributed by atoms with Crippen LogP contribution in [0.1, 0.15) is 31.0 Å². The van der Waals surface area contributed by atoms with Gasteiger partial charge in [-0.1, -0.05) is 18.2 Å². The maximum Gasteiger partial charge on any atom is 0.229 e. The van der Waals surface area contributed by atoms with E-state index in [0.717, 1.165) is 52.8 Å². The van der Waals surface area contributed by atoms with Gasteiger partial charge in [-0.2, -0.15) is 0 Å². The van der Waals surface area contributed by atoms with Gasteiger partial charge >= 0.3 is 0 Å². The van der Waals surface area contributed by atoms with Gasteiger partial charge in [-0.3, -0.25) is 4.79 Å². The molecule has 2 heterocycles. The molecule has 1 aliphatic heterocycles. The van der Waals surface area contributed by atoms with Gasteiger partial charge in [0.1, 0.15) is 16.5 Å². The van der Waals surface area contributed by atoms with Crippen LogP contribution in [0, 0.1) is 0 Å². The van der Waals surface area contributed by atoms with Crippen molar-refractivity contribution in [2.75, 3.05) is 26.9 Å². The number of aromatic nitrogens is 1. The number of ether oxygens (including phenoxy) is 3. The second-order valence-corrected chi connectivity index (χ2v) is 8.86. The highest BCUT2D eigenvalue weighted by atomic mass is 32.1. The normalized spacial score (nSPS) is 15.4. The van der Waals surface area contributed by atoms with Crippen LogP contribution in [0.25, 0.3) is 10.6 Å². The lowest BCUT2D eigenvalue weighted by Crippen LogP contribution is -2.38. The number of benzene rings is 2. The Morgan fingerprint density at radius 2 is 2.03 bits per heavy atom. The first-order valence-corrected chi connectivity index (χ1v) is 12.2. The van der Waals surface area contributed by atoms with Crippen LogP contribution >= 0.6 is 11.3 Å². The maximum absolute atomic E-state index is 13.3. The van der Waals surface area contributed by atoms with Gasteiger partial charge in [0.15, 0.2) is 0 Å². The molecule has 1 aliphatic rings. The molecule has 4 rings (SSSR count). The van der Waals surface area contributed by atoms with E-state index in [1.807, 2.05) is 65.7 Å². The summed E-state index contributed by atoms with van der Waals surface area (Å²) in [5, 5.41) is 2.87. The van der Waals surface area contributed by atoms with Gasteiger partial charge < -0.3 is 19.1 Å². The number of carbonyl (C=O) groups is 1. The molecule has 1 unspecified atom stereocenters. The summed E-state index contributed by atoms with van der Waals surface area (Å²) in [5.41, 5.74) is 2.79. The van der Waals surface area contributed by atoms with Crippen molar-refractivity contribution in [2.45, 2.75) is 38.8 Å². The standard InChI is InChI=1S/C26H30N2O4S/c1-3-31-22-12-10-19(11-13-22)26-27-21(18-33-26)15-25(29)28(17-23-8-6-14-32-23)16-20-7-4-5-9-24(20)30-2/h4-5,7,9-13,18,23H,3,6,8,14-17H2,1-2H3. The van der Waals surface area contributed by atoms with E-state index in [2.05, 4.69) is 0 Å². The Hall–Kier alpha value is -2.90. The molecule has 174 valence electrons. The molecule has 3 aromatic rings. The van der Waals surface area contributed by atoms with Gasteiger partial charge in [0, 0.05) is 36.2 Å². The second-order valence-electron chi connectivity index (χ2n) is 8.00. The fourth-order valence-electron chi connectivity index (χ4n) is 3.98. The van der Waals surface area contributed by atoms with E-state index in [4.69, 9.17) is 19.2 Å². The molecule has 0 saturated carbocycles. The van der Waals surface area contributed by atoms with Gasteiger partial charge in [0.25, 0.3) is 0 Å². The first-order chi connectivity index (χ1) is 16.2. The first-order valence-electron chi connectivity index (χ1n) is 11.3. The van der Waals surface area contributed by atoms with Crippen molar-refractivity contribution in [1.82, 2.24) is 9.88 Å². The van der Waals surface area contributed by atoms with Crippen molar-refractivity contribution in [3.05, 3.63) is 65.2 Å². The largest absolute Gasteiger partial charge is 0.496 e. The lowest BCUT2D eigenvalue weighted by Gasteiger charge is -2.26. The van der Waals surface area contributed by atoms with Crippen molar-refractivity contribution >= 4 is 17.2 Å². The molecular weight excluding hydrogens is 436 g/mol. The molecule has 0 bridgehead atoms. The lowest BCUT2D eigenvalue weighted by molar-refractivity contribution is -0.132. The van der Waals surface area contributed by atoms with Gasteiger partial charge in [-0.05, 0) is 50.1 Å². The van der Waals surface area contributed by atoms with Crippen molar-refractivity contribution in [2.24, 2.45) is 0 Å². The Labute approximate surface area is 199 Å². The van der Waals surface area contributed by atoms with E-state index in [9.17, 15) is 4.79 Å². The van der Waals surface area contributed by atoms with E-state index in [0.29, 0.717) is 19.7 Å². The number of amides is 1. The third-order valence-electron chi connectivity index (χ3n) is 5.65. The average Bonchev–Trinajstić information content (AvgIpc) is 3.52. The molecule has 33 heavy (non-hydrogen) atoms. The minimum atomic E-state index is 0.0416. The summed E-state index contributed by atoms with van der Waals surface area (Å²) >= 11 is 1.55. The molecule has 1 saturated heterocycles. The summed E-state index contributed by atoms with van der Waals surface area (Å²) in [4.78, 5) is 19.9. The Kier molecular flexibility index (Phi) is 7.96. The number of thiazole rings is 1. The van der Waals surface area contributed by atoms with Crippen molar-refractivity contribution in [3.63, 3.8) is 0 Å². The molecule has 0 N–H and O–H groups in total. The van der Waals surface area contributed by atoms with Crippen LogP contribution in [0.4, 0.5) is 0 Å². The van der Waals surface area contributed by atoms with E-state index < -0.39 is 0 Å². The molecule has 0 spiro atoms. The SMILES string of the molecule is CCOc1ccc(-c2nc(CC(=O)N(Cc3ccccc3OC)CC3CCCO3)cs2)cc1. The van der Waals surface area contributed by atoms with Crippen molar-refractivity contribution < 1.29 is 19.0 Å². The van der Waals surface area contributed by atoms with Crippen LogP contribution in [0.3, 0.4) is 0 Å². The van der Waals surface area contributed by atoms with Crippen LogP contribution in [0.2, 0.25) is 0 Å². The first kappa shape index (κ1) is 23.3. The summed E-state index contributed by atoms with van der Waals surface area (Å²) < 4.78 is 16.8. The number of hydrogen-bond donors (Lipinski definition) is 0. The van der Waals surface area contributed by atoms with Crippen LogP contribution in [-0.4, -0.2) is 48.8 Å². The molecule has 0 radical (unpaired) electrons. The van der Waals surface area contributed by atoms with Gasteiger partial charge in [0.2, 0.25) is 5.91 Å². The van der Waals surface area contributed by atoms with E-state index >= 15 is 0 Å². The smallest absolute Gasteiger partial charge is 0.229 e. The predicted molar refractivity (Wildman–Crippen MR) is 130 cm³/mol. The molecule has 2 aromatic carbocycles. The summed E-state index contributed by atoms with van der Waals surface area (Å²) in [6, 6.07) is 15.7. The highest BCUT2D eigenvalue weighted by Crippen LogP contribution is 2.27. The van der Waals surface area contributed by atoms with Crippen molar-refractivity contribution in [1.29, 1.82) is 0 Å². The summed E-state index contributed by atoms with van der Waals surface area (Å²) in [6.45, 7) is 4.43. The number of hydrogen-bond acceptors (Lipinski definition) is 6. The summed E-state index contributed by atoms with van der Waals surface area (Å²) in [6.07, 6.45) is 2.36. The fourth-order valence-corrected chi connectivity index (χ4v) is 4.80. The number of rotatable bonds is 10. The van der Waals surface area contributed by atoms with Crippen LogP contribution < -0.4 is 9.47 Å². The molecule has 0 aliphatic carbocycles. The third-order valence-corrected chi connectivity index (χ3v) is 6.59. The van der Waals surface area contributed by atoms with Gasteiger partial charge in [-0.15, -0.1) is 11.3 Å². The molecule has 1 atom stereocenters. The summed E-state index contributed by atoms with van der Waals surface area (Å²) in [7, 11) is 1.66. The zero-order chi connectivity index (χ0) is 23.0. The molecule has 1 aromatic heterocycles. The Bertz CT molecular complexity index is 1040. The van der Waals surface area contributed by atoms with Crippen LogP contribution in [0.5, 0.6) is 11.5 Å². The Morgan fingerprint density at radius 1 is 1.21 bits per heavy atom. The third kappa shape index (κ3) is 6.12. The van der Waals surface area contributed by atoms with Gasteiger partial charge in [-0.25, -0.2) is 4.98 Å². The fraction of sp³-hybridized carbons (Fsp3) is 0.385. The number of para-hydroxylation sites is 1. The molecule has 1 fully saturated rings. The minimum Gasteiger partial charge on any atom is -0.496 e. The number of nitrogens with zero attached hydrogens (tertiary/aromatic N) is 2. The predicted octanol–water partition coefficient (Wildman–Crippen LogP) is 4.97. The molecular formula is C26H30N2O4S. The van der Waals surface area contributed by atoms with Crippen LogP contribution in [-0.2, 0) is 22.5 Å². The monoisotopic (exact) mass is 466 g/mol. The molecule has 1 amide bonds. The summed E-state index contributed by atoms with van der Waals surface area (Å²) in [5.74, 6) is 1.67. The quantitative estimate of drug-likeness (QED) is 0.422. The lowest BCUT2D eigenvalue weighted by atomic mass is 10.1. The van der Waals surface area contributed by atoms with E-state index in [1.54, 1.807) is 18.4 Å². The number of methoxy groups -OCH3 is 1. The minimum absolute atomic E-state index is 0.0416. The molecule has 7 heteroatoms. The van der Waals surface area contributed by atoms with E-state index in [-0.39, 0.29) is 18.4 Å². The molecule has 6 nitrogen and oxygen atoms in total. The Balaban J connectivity index is 1.47. The highest BCUT2D eigenvalue weighted by molar-refractivity contribution is 7.13. The maximum atomic E-state index is 13.3. The van der Waals surface area contributed by atoms with E-state index in [1.165, 1.54) is 0 Å². The second kappa shape index (κ2) is 11.3. The van der Waals surface area contributed by atoms with Crippen LogP contribution in [0.15, 0.2) is 53.9 Å². The number of carbonyl (C=O) groups excluding carboxylic acids is 1. The zero-order valence-electron chi connectivity index (χ0n) is 19.2. The van der Waals surface area contributed by atoms with Crippen molar-refractivity contribution in [3.8, 4) is 22.1 Å². The Morgan fingerprint density at radius 3 is 2.76 bits per heavy atom. The topological polar surface area (TPSA) is 60.9 Å². The van der Waals surface area contributed by atoms with Gasteiger partial charge in [0.05, 0.1) is 31.9 Å².